The lowest BCUT2D eigenvalue weighted by atomic mass is 10.1. The summed E-state index contributed by atoms with van der Waals surface area (Å²) < 4.78 is 53.9. The summed E-state index contributed by atoms with van der Waals surface area (Å²) in [6, 6.07) is 11.5. The minimum Gasteiger partial charge on any atom is -0.308 e. The minimum absolute atomic E-state index is 0.194. The van der Waals surface area contributed by atoms with Crippen molar-refractivity contribution in [2.75, 3.05) is 13.2 Å². The predicted molar refractivity (Wildman–Crippen MR) is 113 cm³/mol. The highest BCUT2D eigenvalue weighted by Crippen LogP contribution is 2.64. The monoisotopic (exact) mass is 488 g/mol. The summed E-state index contributed by atoms with van der Waals surface area (Å²) in [5.41, 5.74) is -0.128. The molecule has 1 atom stereocenters. The van der Waals surface area contributed by atoms with Gasteiger partial charge in [-0.1, -0.05) is 24.3 Å². The second-order valence-corrected chi connectivity index (χ2v) is 10.2. The molecular formula is C20H20BrF2O3PS. The second-order valence-electron chi connectivity index (χ2n) is 6.12. The molecule has 8 heteroatoms. The van der Waals surface area contributed by atoms with E-state index in [0.717, 1.165) is 31.6 Å². The second kappa shape index (κ2) is 9.14. The molecule has 1 aromatic heterocycles. The molecule has 2 aromatic carbocycles. The fourth-order valence-electron chi connectivity index (χ4n) is 3.06. The zero-order chi connectivity index (χ0) is 20.3. The number of hydrogen-bond acceptors (Lipinski definition) is 4. The molecule has 1 unspecified atom stereocenters. The average Bonchev–Trinajstić information content (AvgIpc) is 2.99. The van der Waals surface area contributed by atoms with E-state index in [-0.39, 0.29) is 19.6 Å². The first-order chi connectivity index (χ1) is 13.4. The van der Waals surface area contributed by atoms with E-state index in [9.17, 15) is 13.3 Å². The van der Waals surface area contributed by atoms with Crippen LogP contribution < -0.4 is 0 Å². The van der Waals surface area contributed by atoms with Crippen molar-refractivity contribution in [1.82, 2.24) is 0 Å². The van der Waals surface area contributed by atoms with E-state index in [4.69, 9.17) is 9.05 Å². The summed E-state index contributed by atoms with van der Waals surface area (Å²) in [4.78, 5) is 0.802. The van der Waals surface area contributed by atoms with Gasteiger partial charge in [0.25, 0.3) is 0 Å². The molecule has 3 nitrogen and oxygen atoms in total. The highest BCUT2D eigenvalue weighted by atomic mass is 79.9. The van der Waals surface area contributed by atoms with Gasteiger partial charge < -0.3 is 9.05 Å². The highest BCUT2D eigenvalue weighted by Gasteiger charge is 2.39. The Hall–Kier alpha value is -1.11. The van der Waals surface area contributed by atoms with Crippen LogP contribution in [0.1, 0.15) is 29.9 Å². The number of rotatable bonds is 8. The highest BCUT2D eigenvalue weighted by molar-refractivity contribution is 9.10. The molecule has 0 radical (unpaired) electrons. The van der Waals surface area contributed by atoms with Crippen LogP contribution in [0.15, 0.2) is 46.9 Å². The van der Waals surface area contributed by atoms with Crippen LogP contribution in [0.25, 0.3) is 10.1 Å². The minimum atomic E-state index is -3.56. The van der Waals surface area contributed by atoms with Crippen LogP contribution in [0.5, 0.6) is 0 Å². The molecule has 3 rings (SSSR count). The SMILES string of the molecule is CCOP(=O)(OCC)C(Cc1ccc(F)c(F)c1)c1sc2ccccc2c1Br. The van der Waals surface area contributed by atoms with E-state index in [1.54, 1.807) is 13.8 Å². The zero-order valence-electron chi connectivity index (χ0n) is 15.5. The van der Waals surface area contributed by atoms with E-state index in [0.29, 0.717) is 5.56 Å². The van der Waals surface area contributed by atoms with E-state index < -0.39 is 24.9 Å². The lowest BCUT2D eigenvalue weighted by Gasteiger charge is -2.26. The van der Waals surface area contributed by atoms with Gasteiger partial charge >= 0.3 is 7.60 Å². The van der Waals surface area contributed by atoms with Crippen molar-refractivity contribution in [2.45, 2.75) is 25.9 Å². The molecule has 150 valence electrons. The summed E-state index contributed by atoms with van der Waals surface area (Å²) in [5.74, 6) is -1.85. The molecule has 0 aliphatic rings. The van der Waals surface area contributed by atoms with Crippen LogP contribution in [-0.4, -0.2) is 13.2 Å². The quantitative estimate of drug-likeness (QED) is 0.308. The van der Waals surface area contributed by atoms with Crippen LogP contribution in [0, 0.1) is 11.6 Å². The summed E-state index contributed by atoms with van der Waals surface area (Å²) in [5, 5.41) is 0.998. The molecule has 0 fully saturated rings. The summed E-state index contributed by atoms with van der Waals surface area (Å²) in [7, 11) is -3.56. The van der Waals surface area contributed by atoms with E-state index in [1.165, 1.54) is 17.4 Å². The molecule has 0 spiro atoms. The van der Waals surface area contributed by atoms with Gasteiger partial charge in [-0.2, -0.15) is 0 Å². The molecular weight excluding hydrogens is 469 g/mol. The maximum atomic E-state index is 13.8. The third-order valence-corrected chi connectivity index (χ3v) is 9.29. The molecule has 0 bridgehead atoms. The Morgan fingerprint density at radius 3 is 2.36 bits per heavy atom. The molecule has 0 aliphatic heterocycles. The Morgan fingerprint density at radius 1 is 1.07 bits per heavy atom. The van der Waals surface area contributed by atoms with Crippen LogP contribution in [0.4, 0.5) is 8.78 Å². The Kier molecular flexibility index (Phi) is 7.05. The van der Waals surface area contributed by atoms with Gasteiger partial charge in [0.1, 0.15) is 5.66 Å². The molecule has 3 aromatic rings. The Balaban J connectivity index is 2.13. The molecule has 0 saturated carbocycles. The van der Waals surface area contributed by atoms with Crippen molar-refractivity contribution >= 4 is 44.9 Å². The third kappa shape index (κ3) is 4.39. The first-order valence-electron chi connectivity index (χ1n) is 8.89. The van der Waals surface area contributed by atoms with Crippen LogP contribution in [-0.2, 0) is 20.0 Å². The molecule has 1 heterocycles. The van der Waals surface area contributed by atoms with Gasteiger partial charge in [0.2, 0.25) is 0 Å². The Bertz CT molecular complexity index is 1010. The summed E-state index contributed by atoms with van der Waals surface area (Å²) in [6.45, 7) is 3.93. The fourth-order valence-corrected chi connectivity index (χ4v) is 7.87. The Labute approximate surface area is 175 Å². The number of thiophene rings is 1. The van der Waals surface area contributed by atoms with Gasteiger partial charge in [-0.3, -0.25) is 4.57 Å². The van der Waals surface area contributed by atoms with Crippen molar-refractivity contribution in [1.29, 1.82) is 0 Å². The lowest BCUT2D eigenvalue weighted by molar-refractivity contribution is 0.212. The van der Waals surface area contributed by atoms with Gasteiger partial charge in [-0.25, -0.2) is 8.78 Å². The average molecular weight is 489 g/mol. The largest absolute Gasteiger partial charge is 0.339 e. The van der Waals surface area contributed by atoms with Crippen LogP contribution in [0.3, 0.4) is 0 Å². The molecule has 28 heavy (non-hydrogen) atoms. The normalized spacial score (nSPS) is 13.2. The van der Waals surface area contributed by atoms with Crippen molar-refractivity contribution in [3.05, 3.63) is 69.0 Å². The van der Waals surface area contributed by atoms with Gasteiger partial charge in [0, 0.05) is 19.4 Å². The van der Waals surface area contributed by atoms with Gasteiger partial charge in [0.15, 0.2) is 11.6 Å². The topological polar surface area (TPSA) is 35.5 Å². The number of fused-ring (bicyclic) bond motifs is 1. The summed E-state index contributed by atoms with van der Waals surface area (Å²) in [6.07, 6.45) is 0.194. The Morgan fingerprint density at radius 2 is 1.75 bits per heavy atom. The van der Waals surface area contributed by atoms with Gasteiger partial charge in [-0.05, 0) is 60.0 Å². The predicted octanol–water partition coefficient (Wildman–Crippen LogP) is 7.49. The molecule has 0 amide bonds. The van der Waals surface area contributed by atoms with Crippen LogP contribution in [0.2, 0.25) is 0 Å². The molecule has 0 aliphatic carbocycles. The van der Waals surface area contributed by atoms with Crippen molar-refractivity contribution in [3.63, 3.8) is 0 Å². The maximum absolute atomic E-state index is 13.8. The van der Waals surface area contributed by atoms with E-state index in [2.05, 4.69) is 15.9 Å². The summed E-state index contributed by atoms with van der Waals surface area (Å²) >= 11 is 5.12. The number of benzene rings is 2. The maximum Gasteiger partial charge on any atom is 0.339 e. The number of hydrogen-bond donors (Lipinski definition) is 0. The molecule has 0 saturated heterocycles. The van der Waals surface area contributed by atoms with Crippen molar-refractivity contribution in [2.24, 2.45) is 0 Å². The first-order valence-corrected chi connectivity index (χ1v) is 12.1. The number of halogens is 3. The first kappa shape index (κ1) is 21.6. The third-order valence-electron chi connectivity index (χ3n) is 4.28. The van der Waals surface area contributed by atoms with E-state index >= 15 is 0 Å². The van der Waals surface area contributed by atoms with Crippen molar-refractivity contribution in [3.8, 4) is 0 Å². The van der Waals surface area contributed by atoms with Gasteiger partial charge in [-0.15, -0.1) is 11.3 Å². The lowest BCUT2D eigenvalue weighted by Crippen LogP contribution is -2.09. The zero-order valence-corrected chi connectivity index (χ0v) is 18.8. The smallest absolute Gasteiger partial charge is 0.308 e. The fraction of sp³-hybridized carbons (Fsp3) is 0.300. The standard InChI is InChI=1S/C20H20BrF2O3PS/c1-3-25-27(24,26-4-2)17(12-13-9-10-15(22)16(23)11-13)20-19(21)14-7-5-6-8-18(14)28-20/h5-11,17H,3-4,12H2,1-2H3. The van der Waals surface area contributed by atoms with Crippen molar-refractivity contribution < 1.29 is 22.4 Å². The van der Waals surface area contributed by atoms with E-state index in [1.807, 2.05) is 24.3 Å². The molecule has 0 N–H and O–H groups in total. The van der Waals surface area contributed by atoms with Gasteiger partial charge in [0.05, 0.1) is 13.2 Å². The van der Waals surface area contributed by atoms with Crippen LogP contribution >= 0.6 is 34.9 Å².